The topological polar surface area (TPSA) is 68.9 Å². The zero-order valence-corrected chi connectivity index (χ0v) is 13.6. The van der Waals surface area contributed by atoms with Gasteiger partial charge in [-0.15, -0.1) is 0 Å². The van der Waals surface area contributed by atoms with E-state index >= 15 is 0 Å². The van der Waals surface area contributed by atoms with E-state index in [-0.39, 0.29) is 0 Å². The second-order valence-electron chi connectivity index (χ2n) is 5.04. The summed E-state index contributed by atoms with van der Waals surface area (Å²) >= 11 is 0. The first kappa shape index (κ1) is 16.7. The number of guanidine groups is 1. The third-order valence-corrected chi connectivity index (χ3v) is 3.43. The minimum absolute atomic E-state index is 0.393. The van der Waals surface area contributed by atoms with E-state index in [0.717, 1.165) is 30.0 Å². The Morgan fingerprint density at radius 1 is 1.04 bits per heavy atom. The zero-order chi connectivity index (χ0) is 16.5. The van der Waals surface area contributed by atoms with Crippen molar-refractivity contribution >= 4 is 11.6 Å². The van der Waals surface area contributed by atoms with Crippen molar-refractivity contribution in [3.05, 3.63) is 54.1 Å². The Hall–Kier alpha value is -2.69. The number of rotatable bonds is 7. The molecule has 0 spiro atoms. The smallest absolute Gasteiger partial charge is 0.193 e. The Bertz CT molecular complexity index is 639. The van der Waals surface area contributed by atoms with Crippen LogP contribution >= 0.6 is 0 Å². The molecule has 0 saturated heterocycles. The molecule has 5 heteroatoms. The Balaban J connectivity index is 1.80. The van der Waals surface area contributed by atoms with Crippen LogP contribution in [0.2, 0.25) is 0 Å². The van der Waals surface area contributed by atoms with Crippen LogP contribution in [0.1, 0.15) is 12.0 Å². The summed E-state index contributed by atoms with van der Waals surface area (Å²) in [6.45, 7) is 0.667. The van der Waals surface area contributed by atoms with Gasteiger partial charge in [0.1, 0.15) is 11.5 Å². The molecule has 122 valence electrons. The van der Waals surface area contributed by atoms with Crippen molar-refractivity contribution in [2.75, 3.05) is 26.1 Å². The van der Waals surface area contributed by atoms with Gasteiger partial charge in [0.15, 0.2) is 5.96 Å². The zero-order valence-electron chi connectivity index (χ0n) is 13.6. The number of ether oxygens (including phenoxy) is 2. The quantitative estimate of drug-likeness (QED) is 0.468. The van der Waals surface area contributed by atoms with Crippen LogP contribution in [-0.4, -0.2) is 26.7 Å². The van der Waals surface area contributed by atoms with Gasteiger partial charge in [-0.3, -0.25) is 4.99 Å². The summed E-state index contributed by atoms with van der Waals surface area (Å²) in [6.07, 6.45) is 1.88. The number of nitrogens with one attached hydrogen (secondary N) is 1. The second-order valence-corrected chi connectivity index (χ2v) is 5.04. The fraction of sp³-hybridized carbons (Fsp3) is 0.278. The maximum Gasteiger partial charge on any atom is 0.193 e. The van der Waals surface area contributed by atoms with E-state index in [4.69, 9.17) is 15.2 Å². The monoisotopic (exact) mass is 313 g/mol. The molecule has 3 N–H and O–H groups in total. The van der Waals surface area contributed by atoms with E-state index in [1.807, 2.05) is 36.4 Å². The van der Waals surface area contributed by atoms with Crippen LogP contribution in [0.4, 0.5) is 5.69 Å². The van der Waals surface area contributed by atoms with Crippen molar-refractivity contribution in [3.63, 3.8) is 0 Å². The number of hydrogen-bond acceptors (Lipinski definition) is 3. The van der Waals surface area contributed by atoms with Crippen molar-refractivity contribution in [3.8, 4) is 11.5 Å². The molecular formula is C18H23N3O2. The fourth-order valence-electron chi connectivity index (χ4n) is 2.20. The van der Waals surface area contributed by atoms with E-state index in [1.54, 1.807) is 14.2 Å². The van der Waals surface area contributed by atoms with Crippen LogP contribution in [0.5, 0.6) is 11.5 Å². The number of aliphatic imine (C=N–C) groups is 1. The van der Waals surface area contributed by atoms with Gasteiger partial charge in [0.2, 0.25) is 0 Å². The number of para-hydroxylation sites is 2. The molecule has 2 aromatic rings. The first-order valence-electron chi connectivity index (χ1n) is 7.56. The summed E-state index contributed by atoms with van der Waals surface area (Å²) in [6, 6.07) is 15.7. The summed E-state index contributed by atoms with van der Waals surface area (Å²) in [5.74, 6) is 2.00. The standard InChI is InChI=1S/C18H23N3O2/c1-22-15-11-9-14(10-12-15)6-5-13-20-18(19)21-16-7-3-4-8-17(16)23-2/h3-4,7-12H,5-6,13H2,1-2H3,(H3,19,20,21). The largest absolute Gasteiger partial charge is 0.497 e. The average Bonchev–Trinajstić information content (AvgIpc) is 2.59. The van der Waals surface area contributed by atoms with Gasteiger partial charge in [-0.1, -0.05) is 24.3 Å². The number of nitrogens with two attached hydrogens (primary N) is 1. The molecule has 0 atom stereocenters. The molecule has 5 nitrogen and oxygen atoms in total. The molecule has 0 aliphatic heterocycles. The lowest BCUT2D eigenvalue weighted by atomic mass is 10.1. The summed E-state index contributed by atoms with van der Waals surface area (Å²) in [5.41, 5.74) is 7.99. The number of benzene rings is 2. The van der Waals surface area contributed by atoms with Gasteiger partial charge in [-0.05, 0) is 42.7 Å². The molecule has 2 rings (SSSR count). The van der Waals surface area contributed by atoms with Crippen LogP contribution in [0.3, 0.4) is 0 Å². The second kappa shape index (κ2) is 8.68. The highest BCUT2D eigenvalue weighted by atomic mass is 16.5. The van der Waals surface area contributed by atoms with Crippen molar-refractivity contribution in [1.29, 1.82) is 0 Å². The molecule has 0 aliphatic rings. The first-order valence-corrected chi connectivity index (χ1v) is 7.56. The summed E-state index contributed by atoms with van der Waals surface area (Å²) in [7, 11) is 3.30. The molecule has 0 amide bonds. The predicted molar refractivity (Wildman–Crippen MR) is 94.4 cm³/mol. The van der Waals surface area contributed by atoms with Crippen LogP contribution in [0, 0.1) is 0 Å². The van der Waals surface area contributed by atoms with Crippen molar-refractivity contribution < 1.29 is 9.47 Å². The van der Waals surface area contributed by atoms with Crippen LogP contribution in [-0.2, 0) is 6.42 Å². The number of nitrogens with zero attached hydrogens (tertiary/aromatic N) is 1. The Labute approximate surface area is 137 Å². The lowest BCUT2D eigenvalue weighted by molar-refractivity contribution is 0.414. The lowest BCUT2D eigenvalue weighted by Crippen LogP contribution is -2.23. The molecular weight excluding hydrogens is 290 g/mol. The van der Waals surface area contributed by atoms with Crippen molar-refractivity contribution in [2.45, 2.75) is 12.8 Å². The van der Waals surface area contributed by atoms with Crippen molar-refractivity contribution in [1.82, 2.24) is 0 Å². The number of hydrogen-bond donors (Lipinski definition) is 2. The highest BCUT2D eigenvalue weighted by Crippen LogP contribution is 2.22. The van der Waals surface area contributed by atoms with Crippen LogP contribution in [0.25, 0.3) is 0 Å². The van der Waals surface area contributed by atoms with E-state index in [2.05, 4.69) is 22.4 Å². The van der Waals surface area contributed by atoms with Crippen LogP contribution in [0.15, 0.2) is 53.5 Å². The van der Waals surface area contributed by atoms with Gasteiger partial charge >= 0.3 is 0 Å². The van der Waals surface area contributed by atoms with Gasteiger partial charge < -0.3 is 20.5 Å². The van der Waals surface area contributed by atoms with Gasteiger partial charge in [-0.25, -0.2) is 0 Å². The molecule has 0 bridgehead atoms. The minimum atomic E-state index is 0.393. The fourth-order valence-corrected chi connectivity index (χ4v) is 2.20. The molecule has 2 aromatic carbocycles. The maximum atomic E-state index is 5.91. The number of aryl methyl sites for hydroxylation is 1. The highest BCUT2D eigenvalue weighted by molar-refractivity contribution is 5.93. The average molecular weight is 313 g/mol. The normalized spacial score (nSPS) is 11.1. The summed E-state index contributed by atoms with van der Waals surface area (Å²) in [5, 5.41) is 3.06. The Kier molecular flexibility index (Phi) is 6.29. The molecule has 0 aromatic heterocycles. The SMILES string of the molecule is COc1ccc(CCCN=C(N)Nc2ccccc2OC)cc1. The first-order chi connectivity index (χ1) is 11.2. The predicted octanol–water partition coefficient (Wildman–Crippen LogP) is 3.06. The highest BCUT2D eigenvalue weighted by Gasteiger charge is 2.02. The number of methoxy groups -OCH3 is 2. The van der Waals surface area contributed by atoms with E-state index < -0.39 is 0 Å². The molecule has 0 radical (unpaired) electrons. The van der Waals surface area contributed by atoms with E-state index in [1.165, 1.54) is 5.56 Å². The van der Waals surface area contributed by atoms with Gasteiger partial charge in [0.05, 0.1) is 19.9 Å². The summed E-state index contributed by atoms with van der Waals surface area (Å²) < 4.78 is 10.4. The van der Waals surface area contributed by atoms with Gasteiger partial charge in [0.25, 0.3) is 0 Å². The lowest BCUT2D eigenvalue weighted by Gasteiger charge is -2.10. The van der Waals surface area contributed by atoms with E-state index in [9.17, 15) is 0 Å². The van der Waals surface area contributed by atoms with Crippen LogP contribution < -0.4 is 20.5 Å². The van der Waals surface area contributed by atoms with E-state index in [0.29, 0.717) is 12.5 Å². The maximum absolute atomic E-state index is 5.91. The third kappa shape index (κ3) is 5.21. The molecule has 0 fully saturated rings. The number of anilines is 1. The third-order valence-electron chi connectivity index (χ3n) is 3.43. The molecule has 23 heavy (non-hydrogen) atoms. The summed E-state index contributed by atoms with van der Waals surface area (Å²) in [4.78, 5) is 4.35. The van der Waals surface area contributed by atoms with Crippen molar-refractivity contribution in [2.24, 2.45) is 10.7 Å². The Morgan fingerprint density at radius 2 is 1.78 bits per heavy atom. The van der Waals surface area contributed by atoms with Gasteiger partial charge in [0, 0.05) is 6.54 Å². The molecule has 0 heterocycles. The molecule has 0 unspecified atom stereocenters. The Morgan fingerprint density at radius 3 is 2.48 bits per heavy atom. The molecule has 0 saturated carbocycles. The minimum Gasteiger partial charge on any atom is -0.497 e. The van der Waals surface area contributed by atoms with Gasteiger partial charge in [-0.2, -0.15) is 0 Å². The molecule has 0 aliphatic carbocycles.